The van der Waals surface area contributed by atoms with Gasteiger partial charge >= 0.3 is 5.97 Å². The Kier molecular flexibility index (Phi) is 3.93. The van der Waals surface area contributed by atoms with Gasteiger partial charge in [-0.15, -0.1) is 0 Å². The molecule has 0 spiro atoms. The van der Waals surface area contributed by atoms with Gasteiger partial charge in [-0.1, -0.05) is 12.8 Å². The molecule has 4 heterocycles. The van der Waals surface area contributed by atoms with Crippen molar-refractivity contribution < 1.29 is 19.1 Å². The van der Waals surface area contributed by atoms with Gasteiger partial charge in [-0.2, -0.15) is 0 Å². The van der Waals surface area contributed by atoms with Crippen LogP contribution in [-0.4, -0.2) is 41.7 Å². The summed E-state index contributed by atoms with van der Waals surface area (Å²) < 4.78 is 11.3. The average molecular weight is 319 g/mol. The molecule has 0 radical (unpaired) electrons. The summed E-state index contributed by atoms with van der Waals surface area (Å²) in [5.74, 6) is 0.143. The van der Waals surface area contributed by atoms with E-state index in [2.05, 4.69) is 4.90 Å². The molecule has 1 aromatic heterocycles. The van der Waals surface area contributed by atoms with Crippen LogP contribution in [-0.2, 0) is 15.1 Å². The Labute approximate surface area is 136 Å². The molecule has 4 fully saturated rings. The van der Waals surface area contributed by atoms with Crippen molar-refractivity contribution in [1.82, 2.24) is 4.90 Å². The number of carbonyl (C=O) groups excluding carboxylic acids is 1. The number of ether oxygens (including phenoxy) is 1. The highest BCUT2D eigenvalue weighted by Gasteiger charge is 2.51. The molecule has 2 atom stereocenters. The first-order chi connectivity index (χ1) is 11.2. The maximum absolute atomic E-state index is 12.9. The van der Waals surface area contributed by atoms with Gasteiger partial charge in [-0.25, -0.2) is 4.79 Å². The summed E-state index contributed by atoms with van der Waals surface area (Å²) >= 11 is 0. The average Bonchev–Trinajstić information content (AvgIpc) is 3.29. The number of nitrogens with zero attached hydrogens (tertiary/aromatic N) is 1. The second kappa shape index (κ2) is 5.95. The first kappa shape index (κ1) is 15.2. The number of fused-ring (bicyclic) bond motifs is 3. The molecule has 2 bridgehead atoms. The van der Waals surface area contributed by atoms with Crippen LogP contribution in [0.3, 0.4) is 0 Å². The standard InChI is InChI=1S/C18H25NO4/c20-17(23-15-12-19-9-7-13(15)8-10-19)18(21,14-4-1-2-5-14)16-6-3-11-22-16/h3,6,11,13-15,21H,1-2,4-5,7-10,12H2/t15-,18?/m0/s1. The minimum Gasteiger partial charge on any atom is -0.466 e. The molecule has 0 amide bonds. The lowest BCUT2D eigenvalue weighted by atomic mass is 9.82. The third kappa shape index (κ3) is 2.60. The largest absolute Gasteiger partial charge is 0.466 e. The molecule has 4 aliphatic rings. The van der Waals surface area contributed by atoms with Crippen molar-refractivity contribution in [3.63, 3.8) is 0 Å². The van der Waals surface area contributed by atoms with Gasteiger partial charge in [0.1, 0.15) is 11.9 Å². The number of piperidine rings is 3. The Hall–Kier alpha value is -1.33. The zero-order chi connectivity index (χ0) is 15.9. The van der Waals surface area contributed by atoms with Crippen LogP contribution in [0.15, 0.2) is 22.8 Å². The third-order valence-electron chi connectivity index (χ3n) is 6.01. The summed E-state index contributed by atoms with van der Waals surface area (Å²) in [4.78, 5) is 15.3. The highest BCUT2D eigenvalue weighted by atomic mass is 16.6. The molecule has 3 aliphatic heterocycles. The van der Waals surface area contributed by atoms with Gasteiger partial charge in [0.2, 0.25) is 5.60 Å². The van der Waals surface area contributed by atoms with Gasteiger partial charge < -0.3 is 14.3 Å². The maximum atomic E-state index is 12.9. The Bertz CT molecular complexity index is 543. The first-order valence-corrected chi connectivity index (χ1v) is 8.87. The minimum atomic E-state index is -1.63. The summed E-state index contributed by atoms with van der Waals surface area (Å²) in [7, 11) is 0. The van der Waals surface area contributed by atoms with Crippen molar-refractivity contribution in [1.29, 1.82) is 0 Å². The molecule has 5 nitrogen and oxygen atoms in total. The molecule has 126 valence electrons. The topological polar surface area (TPSA) is 62.9 Å². The van der Waals surface area contributed by atoms with Crippen LogP contribution in [0.25, 0.3) is 0 Å². The number of hydrogen-bond acceptors (Lipinski definition) is 5. The quantitative estimate of drug-likeness (QED) is 0.863. The Morgan fingerprint density at radius 1 is 1.26 bits per heavy atom. The summed E-state index contributed by atoms with van der Waals surface area (Å²) in [5.41, 5.74) is -1.63. The third-order valence-corrected chi connectivity index (χ3v) is 6.01. The molecule has 0 aromatic carbocycles. The monoisotopic (exact) mass is 319 g/mol. The number of esters is 1. The van der Waals surface area contributed by atoms with Crippen LogP contribution in [0.4, 0.5) is 0 Å². The Morgan fingerprint density at radius 3 is 2.57 bits per heavy atom. The lowest BCUT2D eigenvalue weighted by Crippen LogP contribution is -2.54. The molecule has 1 N–H and O–H groups in total. The number of furan rings is 1. The van der Waals surface area contributed by atoms with Gasteiger partial charge in [0.25, 0.3) is 0 Å². The van der Waals surface area contributed by atoms with Crippen molar-refractivity contribution in [2.24, 2.45) is 11.8 Å². The van der Waals surface area contributed by atoms with Crippen LogP contribution in [0.1, 0.15) is 44.3 Å². The lowest BCUT2D eigenvalue weighted by molar-refractivity contribution is -0.190. The fourth-order valence-electron chi connectivity index (χ4n) is 4.58. The van der Waals surface area contributed by atoms with E-state index in [1.165, 1.54) is 6.26 Å². The molecule has 1 aliphatic carbocycles. The van der Waals surface area contributed by atoms with Crippen molar-refractivity contribution in [2.75, 3.05) is 19.6 Å². The predicted molar refractivity (Wildman–Crippen MR) is 83.6 cm³/mol. The molecule has 23 heavy (non-hydrogen) atoms. The highest BCUT2D eigenvalue weighted by molar-refractivity contribution is 5.81. The zero-order valence-corrected chi connectivity index (χ0v) is 13.4. The van der Waals surface area contributed by atoms with E-state index in [-0.39, 0.29) is 12.0 Å². The van der Waals surface area contributed by atoms with Crippen LogP contribution in [0, 0.1) is 11.8 Å². The van der Waals surface area contributed by atoms with Gasteiger partial charge in [0.05, 0.1) is 6.26 Å². The number of aliphatic hydroxyl groups is 1. The van der Waals surface area contributed by atoms with Crippen molar-refractivity contribution in [3.8, 4) is 0 Å². The number of rotatable bonds is 4. The van der Waals surface area contributed by atoms with Gasteiger partial charge in [0.15, 0.2) is 0 Å². The highest BCUT2D eigenvalue weighted by Crippen LogP contribution is 2.42. The number of carbonyl (C=O) groups is 1. The normalized spacial score (nSPS) is 33.5. The van der Waals surface area contributed by atoms with E-state index in [1.807, 2.05) is 0 Å². The molecular weight excluding hydrogens is 294 g/mol. The van der Waals surface area contributed by atoms with E-state index in [0.29, 0.717) is 11.7 Å². The van der Waals surface area contributed by atoms with Crippen molar-refractivity contribution >= 4 is 5.97 Å². The van der Waals surface area contributed by atoms with Crippen LogP contribution in [0.5, 0.6) is 0 Å². The van der Waals surface area contributed by atoms with E-state index >= 15 is 0 Å². The lowest BCUT2D eigenvalue weighted by Gasteiger charge is -2.44. The number of hydrogen-bond donors (Lipinski definition) is 1. The molecule has 1 aromatic rings. The summed E-state index contributed by atoms with van der Waals surface area (Å²) in [5, 5.41) is 11.3. The van der Waals surface area contributed by atoms with E-state index in [9.17, 15) is 9.90 Å². The molecule has 1 unspecified atom stereocenters. The van der Waals surface area contributed by atoms with Crippen molar-refractivity contribution in [3.05, 3.63) is 24.2 Å². The predicted octanol–water partition coefficient (Wildman–Crippen LogP) is 2.29. The van der Waals surface area contributed by atoms with Crippen molar-refractivity contribution in [2.45, 2.75) is 50.2 Å². The molecule has 3 saturated heterocycles. The van der Waals surface area contributed by atoms with Gasteiger partial charge in [0, 0.05) is 12.5 Å². The molecule has 1 saturated carbocycles. The van der Waals surface area contributed by atoms with Crippen LogP contribution >= 0.6 is 0 Å². The fraction of sp³-hybridized carbons (Fsp3) is 0.722. The molecule has 5 rings (SSSR count). The Balaban J connectivity index is 1.55. The summed E-state index contributed by atoms with van der Waals surface area (Å²) in [6.07, 6.45) is 7.35. The summed E-state index contributed by atoms with van der Waals surface area (Å²) in [6, 6.07) is 3.41. The minimum absolute atomic E-state index is 0.0899. The van der Waals surface area contributed by atoms with Crippen LogP contribution in [0.2, 0.25) is 0 Å². The van der Waals surface area contributed by atoms with E-state index in [1.54, 1.807) is 12.1 Å². The molecular formula is C18H25NO4. The SMILES string of the molecule is O=C(O[C@H]1CN2CCC1CC2)C(O)(c1ccco1)C1CCCC1. The summed E-state index contributed by atoms with van der Waals surface area (Å²) in [6.45, 7) is 3.00. The van der Waals surface area contributed by atoms with E-state index in [0.717, 1.165) is 58.2 Å². The fourth-order valence-corrected chi connectivity index (χ4v) is 4.58. The van der Waals surface area contributed by atoms with E-state index in [4.69, 9.17) is 9.15 Å². The van der Waals surface area contributed by atoms with E-state index < -0.39 is 11.6 Å². The second-order valence-electron chi connectivity index (χ2n) is 7.31. The molecule has 5 heteroatoms. The smallest absolute Gasteiger partial charge is 0.346 e. The Morgan fingerprint density at radius 2 is 2.00 bits per heavy atom. The second-order valence-corrected chi connectivity index (χ2v) is 7.31. The van der Waals surface area contributed by atoms with Gasteiger partial charge in [-0.05, 0) is 56.8 Å². The first-order valence-electron chi connectivity index (χ1n) is 8.87. The van der Waals surface area contributed by atoms with Gasteiger partial charge in [-0.3, -0.25) is 4.90 Å². The van der Waals surface area contributed by atoms with Crippen LogP contribution < -0.4 is 0 Å². The maximum Gasteiger partial charge on any atom is 0.346 e. The zero-order valence-electron chi connectivity index (χ0n) is 13.4.